The van der Waals surface area contributed by atoms with Crippen molar-refractivity contribution in [2.24, 2.45) is 20.0 Å². The summed E-state index contributed by atoms with van der Waals surface area (Å²) in [4.78, 5) is 15.2. The number of hydrogen-bond acceptors (Lipinski definition) is 2. The second kappa shape index (κ2) is 5.46. The van der Waals surface area contributed by atoms with Gasteiger partial charge in [-0.2, -0.15) is 0 Å². The molecule has 0 aromatic carbocycles. The molecule has 0 unspecified atom stereocenters. The van der Waals surface area contributed by atoms with Crippen LogP contribution in [0.5, 0.6) is 0 Å². The summed E-state index contributed by atoms with van der Waals surface area (Å²) in [6.45, 7) is 5.09. The highest BCUT2D eigenvalue weighted by Crippen LogP contribution is 1.84. The van der Waals surface area contributed by atoms with Crippen LogP contribution in [0.3, 0.4) is 0 Å². The SMILES string of the molecule is C=N\C=N/C(=N/C)C(/C)=N\C. The van der Waals surface area contributed by atoms with E-state index in [1.165, 1.54) is 6.34 Å². The normalized spacial score (nSPS) is 14.1. The molecule has 0 fully saturated rings. The molecule has 0 rings (SSSR count). The number of amidine groups is 1. The predicted octanol–water partition coefficient (Wildman–Crippen LogP) is 0.834. The van der Waals surface area contributed by atoms with Crippen LogP contribution < -0.4 is 0 Å². The molecular formula is C7H12N4. The van der Waals surface area contributed by atoms with Gasteiger partial charge in [-0.15, -0.1) is 0 Å². The van der Waals surface area contributed by atoms with E-state index in [1.807, 2.05) is 6.92 Å². The highest BCUT2D eigenvalue weighted by atomic mass is 15.0. The lowest BCUT2D eigenvalue weighted by atomic mass is 10.4. The van der Waals surface area contributed by atoms with Crippen LogP contribution in [-0.2, 0) is 0 Å². The van der Waals surface area contributed by atoms with Gasteiger partial charge >= 0.3 is 0 Å². The van der Waals surface area contributed by atoms with Gasteiger partial charge in [0.05, 0.1) is 5.71 Å². The quantitative estimate of drug-likeness (QED) is 0.416. The summed E-state index contributed by atoms with van der Waals surface area (Å²) < 4.78 is 0. The molecule has 0 saturated carbocycles. The zero-order valence-electron chi connectivity index (χ0n) is 7.07. The summed E-state index contributed by atoms with van der Waals surface area (Å²) in [5, 5.41) is 0. The van der Waals surface area contributed by atoms with Gasteiger partial charge in [0.2, 0.25) is 0 Å². The lowest BCUT2D eigenvalue weighted by Crippen LogP contribution is -2.07. The summed E-state index contributed by atoms with van der Waals surface area (Å²) >= 11 is 0. The maximum atomic E-state index is 3.92. The third-order valence-electron chi connectivity index (χ3n) is 1.13. The molecule has 4 heteroatoms. The van der Waals surface area contributed by atoms with E-state index in [4.69, 9.17) is 0 Å². The van der Waals surface area contributed by atoms with Crippen molar-refractivity contribution in [3.63, 3.8) is 0 Å². The van der Waals surface area contributed by atoms with Crippen LogP contribution in [0.2, 0.25) is 0 Å². The molecule has 0 aromatic rings. The molecule has 0 amide bonds. The van der Waals surface area contributed by atoms with E-state index in [9.17, 15) is 0 Å². The van der Waals surface area contributed by atoms with Gasteiger partial charge in [-0.1, -0.05) is 0 Å². The summed E-state index contributed by atoms with van der Waals surface area (Å²) in [7, 11) is 3.35. The number of rotatable bonds is 2. The van der Waals surface area contributed by atoms with Gasteiger partial charge in [-0.25, -0.2) is 4.99 Å². The van der Waals surface area contributed by atoms with Crippen molar-refractivity contribution in [3.8, 4) is 0 Å². The fraction of sp³-hybridized carbons (Fsp3) is 0.429. The van der Waals surface area contributed by atoms with E-state index in [2.05, 4.69) is 26.7 Å². The van der Waals surface area contributed by atoms with Crippen LogP contribution in [0.15, 0.2) is 20.0 Å². The number of nitrogens with zero attached hydrogens (tertiary/aromatic N) is 4. The Balaban J connectivity index is 4.44. The monoisotopic (exact) mass is 152 g/mol. The lowest BCUT2D eigenvalue weighted by molar-refractivity contribution is 1.38. The van der Waals surface area contributed by atoms with Crippen molar-refractivity contribution in [3.05, 3.63) is 0 Å². The smallest absolute Gasteiger partial charge is 0.169 e. The van der Waals surface area contributed by atoms with E-state index in [0.717, 1.165) is 5.71 Å². The van der Waals surface area contributed by atoms with Crippen LogP contribution in [0, 0.1) is 0 Å². The minimum Gasteiger partial charge on any atom is -0.289 e. The number of aliphatic imine (C=N–C) groups is 4. The van der Waals surface area contributed by atoms with E-state index in [0.29, 0.717) is 5.84 Å². The highest BCUT2D eigenvalue weighted by Gasteiger charge is 1.96. The number of hydrogen-bond donors (Lipinski definition) is 0. The Morgan fingerprint density at radius 2 is 1.91 bits per heavy atom. The zero-order chi connectivity index (χ0) is 8.69. The molecule has 0 aliphatic heterocycles. The maximum Gasteiger partial charge on any atom is 0.169 e. The van der Waals surface area contributed by atoms with Crippen molar-refractivity contribution in [2.45, 2.75) is 6.92 Å². The fourth-order valence-corrected chi connectivity index (χ4v) is 0.508. The largest absolute Gasteiger partial charge is 0.289 e. The van der Waals surface area contributed by atoms with E-state index >= 15 is 0 Å². The predicted molar refractivity (Wildman–Crippen MR) is 50.4 cm³/mol. The van der Waals surface area contributed by atoms with Crippen LogP contribution in [0.4, 0.5) is 0 Å². The molecule has 0 aliphatic carbocycles. The van der Waals surface area contributed by atoms with Gasteiger partial charge in [0.1, 0.15) is 6.34 Å². The summed E-state index contributed by atoms with van der Waals surface area (Å²) in [6.07, 6.45) is 1.34. The van der Waals surface area contributed by atoms with Crippen molar-refractivity contribution in [2.75, 3.05) is 14.1 Å². The Kier molecular flexibility index (Phi) is 4.81. The van der Waals surface area contributed by atoms with E-state index in [-0.39, 0.29) is 0 Å². The average Bonchev–Trinajstić information content (AvgIpc) is 2.05. The second-order valence-electron chi connectivity index (χ2n) is 1.78. The topological polar surface area (TPSA) is 49.4 Å². The van der Waals surface area contributed by atoms with Gasteiger partial charge in [-0.3, -0.25) is 15.0 Å². The van der Waals surface area contributed by atoms with Crippen molar-refractivity contribution in [1.82, 2.24) is 0 Å². The minimum absolute atomic E-state index is 0.583. The summed E-state index contributed by atoms with van der Waals surface area (Å²) in [5.74, 6) is 0.583. The third kappa shape index (κ3) is 3.40. The second-order valence-corrected chi connectivity index (χ2v) is 1.78. The maximum absolute atomic E-state index is 3.92. The first-order valence-electron chi connectivity index (χ1n) is 3.15. The molecule has 0 bridgehead atoms. The Bertz CT molecular complexity index is 212. The molecule has 0 aliphatic rings. The molecule has 0 radical (unpaired) electrons. The summed E-state index contributed by atoms with van der Waals surface area (Å²) in [5.41, 5.74) is 0.785. The van der Waals surface area contributed by atoms with Crippen molar-refractivity contribution < 1.29 is 0 Å². The summed E-state index contributed by atoms with van der Waals surface area (Å²) in [6, 6.07) is 0. The molecule has 60 valence electrons. The Hall–Kier alpha value is -1.32. The molecule has 0 N–H and O–H groups in total. The molecule has 11 heavy (non-hydrogen) atoms. The van der Waals surface area contributed by atoms with Gasteiger partial charge in [-0.05, 0) is 13.6 Å². The van der Waals surface area contributed by atoms with Crippen molar-refractivity contribution >= 4 is 24.6 Å². The lowest BCUT2D eigenvalue weighted by Gasteiger charge is -1.94. The van der Waals surface area contributed by atoms with Crippen LogP contribution in [-0.4, -0.2) is 38.7 Å². The first-order chi connectivity index (χ1) is 5.26. The molecule has 0 aromatic heterocycles. The first-order valence-corrected chi connectivity index (χ1v) is 3.15. The van der Waals surface area contributed by atoms with Crippen LogP contribution >= 0.6 is 0 Å². The molecule has 0 spiro atoms. The fourth-order valence-electron chi connectivity index (χ4n) is 0.508. The van der Waals surface area contributed by atoms with E-state index < -0.39 is 0 Å². The molecule has 0 heterocycles. The van der Waals surface area contributed by atoms with Gasteiger partial charge < -0.3 is 0 Å². The van der Waals surface area contributed by atoms with E-state index in [1.54, 1.807) is 14.1 Å². The Labute approximate surface area is 66.5 Å². The molecular weight excluding hydrogens is 140 g/mol. The molecule has 0 atom stereocenters. The molecule has 4 nitrogen and oxygen atoms in total. The first kappa shape index (κ1) is 9.68. The minimum atomic E-state index is 0.583. The van der Waals surface area contributed by atoms with Crippen LogP contribution in [0.25, 0.3) is 0 Å². The highest BCUT2D eigenvalue weighted by molar-refractivity contribution is 6.41. The van der Waals surface area contributed by atoms with Gasteiger partial charge in [0.25, 0.3) is 0 Å². The standard InChI is InChI=1S/C7H12N4/c1-6(9-3)7(10-4)11-5-8-2/h5H,2H2,1,3-4H3/b9-6-,10-7+,11-5-. The van der Waals surface area contributed by atoms with Crippen molar-refractivity contribution in [1.29, 1.82) is 0 Å². The van der Waals surface area contributed by atoms with Gasteiger partial charge in [0.15, 0.2) is 5.84 Å². The van der Waals surface area contributed by atoms with Crippen LogP contribution in [0.1, 0.15) is 6.92 Å². The zero-order valence-corrected chi connectivity index (χ0v) is 7.07. The average molecular weight is 152 g/mol. The molecule has 0 saturated heterocycles. The Morgan fingerprint density at radius 3 is 2.27 bits per heavy atom. The van der Waals surface area contributed by atoms with Gasteiger partial charge in [0, 0.05) is 14.1 Å². The Morgan fingerprint density at radius 1 is 1.27 bits per heavy atom. The third-order valence-corrected chi connectivity index (χ3v) is 1.13.